The number of hydrogen-bond acceptors (Lipinski definition) is 2. The van der Waals surface area contributed by atoms with E-state index in [9.17, 15) is 0 Å². The Morgan fingerprint density at radius 1 is 1.21 bits per heavy atom. The van der Waals surface area contributed by atoms with Gasteiger partial charge in [-0.05, 0) is 18.8 Å². The molecule has 0 aliphatic heterocycles. The Morgan fingerprint density at radius 2 is 1.93 bits per heavy atom. The fourth-order valence-corrected chi connectivity index (χ4v) is 1.48. The average Bonchev–Trinajstić information content (AvgIpc) is 2.20. The lowest BCUT2D eigenvalue weighted by Gasteiger charge is -2.17. The summed E-state index contributed by atoms with van der Waals surface area (Å²) in [5, 5.41) is 0. The van der Waals surface area contributed by atoms with Gasteiger partial charge in [0.25, 0.3) is 0 Å². The molecule has 0 heterocycles. The summed E-state index contributed by atoms with van der Waals surface area (Å²) >= 11 is 0. The number of nitrogens with two attached hydrogens (primary N) is 1. The third-order valence-corrected chi connectivity index (χ3v) is 2.64. The second-order valence-electron chi connectivity index (χ2n) is 4.20. The molecule has 2 N–H and O–H groups in total. The van der Waals surface area contributed by atoms with E-state index in [1.54, 1.807) is 0 Å². The molecule has 0 fully saturated rings. The van der Waals surface area contributed by atoms with E-state index < -0.39 is 0 Å². The molecule has 14 heavy (non-hydrogen) atoms. The Hall–Kier alpha value is -0.0800. The Labute approximate surface area is 89.2 Å². The van der Waals surface area contributed by atoms with E-state index in [2.05, 4.69) is 20.8 Å². The number of hydrogen-bond donors (Lipinski definition) is 1. The van der Waals surface area contributed by atoms with Gasteiger partial charge in [0.15, 0.2) is 0 Å². The van der Waals surface area contributed by atoms with Crippen molar-refractivity contribution in [3.8, 4) is 0 Å². The van der Waals surface area contributed by atoms with E-state index in [0.29, 0.717) is 12.5 Å². The largest absolute Gasteiger partial charge is 0.377 e. The van der Waals surface area contributed by atoms with Crippen LogP contribution in [0, 0.1) is 5.92 Å². The van der Waals surface area contributed by atoms with Crippen LogP contribution in [-0.2, 0) is 4.74 Å². The van der Waals surface area contributed by atoms with Gasteiger partial charge in [0.2, 0.25) is 0 Å². The van der Waals surface area contributed by atoms with Gasteiger partial charge in [-0.15, -0.1) is 0 Å². The normalized spacial score (nSPS) is 15.4. The van der Waals surface area contributed by atoms with Gasteiger partial charge in [-0.25, -0.2) is 0 Å². The van der Waals surface area contributed by atoms with Gasteiger partial charge in [0.1, 0.15) is 0 Å². The van der Waals surface area contributed by atoms with Crippen LogP contribution in [-0.4, -0.2) is 19.3 Å². The van der Waals surface area contributed by atoms with Crippen molar-refractivity contribution in [1.82, 2.24) is 0 Å². The number of unbranched alkanes of at least 4 members (excludes halogenated alkanes) is 2. The van der Waals surface area contributed by atoms with Gasteiger partial charge < -0.3 is 10.5 Å². The molecule has 0 saturated carbocycles. The second kappa shape index (κ2) is 9.47. The van der Waals surface area contributed by atoms with Gasteiger partial charge in [-0.3, -0.25) is 0 Å². The molecule has 86 valence electrons. The van der Waals surface area contributed by atoms with Crippen molar-refractivity contribution in [1.29, 1.82) is 0 Å². The molecule has 2 unspecified atom stereocenters. The number of rotatable bonds is 9. The Balaban J connectivity index is 3.37. The van der Waals surface area contributed by atoms with Crippen LogP contribution in [0.15, 0.2) is 0 Å². The minimum atomic E-state index is 0.267. The first kappa shape index (κ1) is 13.9. The van der Waals surface area contributed by atoms with Crippen molar-refractivity contribution in [3.05, 3.63) is 0 Å². The molecule has 0 aromatic carbocycles. The predicted octanol–water partition coefficient (Wildman–Crippen LogP) is 2.96. The topological polar surface area (TPSA) is 35.2 Å². The second-order valence-corrected chi connectivity index (χ2v) is 4.20. The number of ether oxygens (including phenoxy) is 1. The van der Waals surface area contributed by atoms with Crippen LogP contribution in [0.4, 0.5) is 0 Å². The fourth-order valence-electron chi connectivity index (χ4n) is 1.48. The molecule has 0 aromatic heterocycles. The van der Waals surface area contributed by atoms with Crippen LogP contribution < -0.4 is 5.73 Å². The summed E-state index contributed by atoms with van der Waals surface area (Å²) in [6.07, 6.45) is 6.56. The van der Waals surface area contributed by atoms with Crippen LogP contribution in [0.2, 0.25) is 0 Å². The van der Waals surface area contributed by atoms with Crippen LogP contribution in [0.5, 0.6) is 0 Å². The van der Waals surface area contributed by atoms with Crippen LogP contribution in [0.3, 0.4) is 0 Å². The molecule has 2 nitrogen and oxygen atoms in total. The summed E-state index contributed by atoms with van der Waals surface area (Å²) in [4.78, 5) is 0. The monoisotopic (exact) mass is 201 g/mol. The lowest BCUT2D eigenvalue weighted by atomic mass is 10.0. The molecule has 0 aliphatic rings. The third kappa shape index (κ3) is 7.34. The first-order valence-electron chi connectivity index (χ1n) is 6.06. The van der Waals surface area contributed by atoms with Gasteiger partial charge >= 0.3 is 0 Å². The standard InChI is InChI=1S/C12H27NO/c1-4-6-7-8-11(3)10-14-12(5-2)9-13/h11-12H,4-10,13H2,1-3H3. The maximum Gasteiger partial charge on any atom is 0.0694 e. The fraction of sp³-hybridized carbons (Fsp3) is 1.00. The van der Waals surface area contributed by atoms with Crippen molar-refractivity contribution >= 4 is 0 Å². The predicted molar refractivity (Wildman–Crippen MR) is 62.4 cm³/mol. The van der Waals surface area contributed by atoms with Gasteiger partial charge in [-0.1, -0.05) is 40.0 Å². The van der Waals surface area contributed by atoms with E-state index in [1.807, 2.05) is 0 Å². The molecule has 0 bridgehead atoms. The zero-order valence-corrected chi connectivity index (χ0v) is 10.1. The lowest BCUT2D eigenvalue weighted by Crippen LogP contribution is -2.25. The molecular formula is C12H27NO. The highest BCUT2D eigenvalue weighted by Gasteiger charge is 2.07. The maximum absolute atomic E-state index is 5.71. The van der Waals surface area contributed by atoms with Crippen LogP contribution in [0.25, 0.3) is 0 Å². The summed E-state index contributed by atoms with van der Waals surface area (Å²) in [5.74, 6) is 0.683. The quantitative estimate of drug-likeness (QED) is 0.582. The van der Waals surface area contributed by atoms with Crippen LogP contribution in [0.1, 0.15) is 52.9 Å². The van der Waals surface area contributed by atoms with E-state index in [4.69, 9.17) is 10.5 Å². The molecule has 0 spiro atoms. The highest BCUT2D eigenvalue weighted by molar-refractivity contribution is 4.58. The highest BCUT2D eigenvalue weighted by atomic mass is 16.5. The van der Waals surface area contributed by atoms with E-state index in [-0.39, 0.29) is 6.10 Å². The van der Waals surface area contributed by atoms with Gasteiger partial charge in [0, 0.05) is 13.2 Å². The molecule has 0 aromatic rings. The zero-order chi connectivity index (χ0) is 10.8. The van der Waals surface area contributed by atoms with Crippen molar-refractivity contribution < 1.29 is 4.74 Å². The van der Waals surface area contributed by atoms with Gasteiger partial charge in [-0.2, -0.15) is 0 Å². The van der Waals surface area contributed by atoms with E-state index >= 15 is 0 Å². The van der Waals surface area contributed by atoms with Crippen molar-refractivity contribution in [3.63, 3.8) is 0 Å². The molecule has 0 rings (SSSR count). The van der Waals surface area contributed by atoms with Gasteiger partial charge in [0.05, 0.1) is 6.10 Å². The summed E-state index contributed by atoms with van der Waals surface area (Å²) in [6, 6.07) is 0. The molecule has 0 amide bonds. The summed E-state index contributed by atoms with van der Waals surface area (Å²) < 4.78 is 5.71. The highest BCUT2D eigenvalue weighted by Crippen LogP contribution is 2.10. The smallest absolute Gasteiger partial charge is 0.0694 e. The summed E-state index contributed by atoms with van der Waals surface area (Å²) in [6.45, 7) is 8.15. The Bertz CT molecular complexity index is 113. The van der Waals surface area contributed by atoms with Crippen molar-refractivity contribution in [2.75, 3.05) is 13.2 Å². The minimum absolute atomic E-state index is 0.267. The SMILES string of the molecule is CCCCCC(C)COC(CC)CN. The Morgan fingerprint density at radius 3 is 2.43 bits per heavy atom. The summed E-state index contributed by atoms with van der Waals surface area (Å²) in [5.41, 5.74) is 5.57. The van der Waals surface area contributed by atoms with Crippen molar-refractivity contribution in [2.24, 2.45) is 11.7 Å². The minimum Gasteiger partial charge on any atom is -0.377 e. The first-order chi connectivity index (χ1) is 6.74. The van der Waals surface area contributed by atoms with Crippen LogP contribution >= 0.6 is 0 Å². The Kier molecular flexibility index (Phi) is 9.42. The first-order valence-corrected chi connectivity index (χ1v) is 6.06. The molecular weight excluding hydrogens is 174 g/mol. The maximum atomic E-state index is 5.71. The molecule has 2 heteroatoms. The van der Waals surface area contributed by atoms with E-state index in [1.165, 1.54) is 25.7 Å². The molecule has 0 saturated heterocycles. The molecule has 0 radical (unpaired) electrons. The molecule has 2 atom stereocenters. The summed E-state index contributed by atoms with van der Waals surface area (Å²) in [7, 11) is 0. The van der Waals surface area contributed by atoms with Crippen molar-refractivity contribution in [2.45, 2.75) is 59.0 Å². The zero-order valence-electron chi connectivity index (χ0n) is 10.1. The average molecular weight is 201 g/mol. The lowest BCUT2D eigenvalue weighted by molar-refractivity contribution is 0.0336. The molecule has 0 aliphatic carbocycles. The third-order valence-electron chi connectivity index (χ3n) is 2.64. The van der Waals surface area contributed by atoms with E-state index in [0.717, 1.165) is 13.0 Å².